The number of allylic oxidation sites excluding steroid dienone is 2. The molecule has 0 aromatic heterocycles. The van der Waals surface area contributed by atoms with Gasteiger partial charge < -0.3 is 10.2 Å². The number of hydrazine groups is 1. The van der Waals surface area contributed by atoms with E-state index in [-0.39, 0.29) is 12.5 Å². The van der Waals surface area contributed by atoms with Gasteiger partial charge in [0.15, 0.2) is 6.61 Å². The molecular weight excluding hydrogens is 380 g/mol. The summed E-state index contributed by atoms with van der Waals surface area (Å²) in [6.45, 7) is -0.0244. The molecule has 2 aromatic rings. The quantitative estimate of drug-likeness (QED) is 0.710. The number of hydrogen-bond donors (Lipinski definition) is 2. The van der Waals surface area contributed by atoms with Crippen LogP contribution in [0.5, 0.6) is 5.75 Å². The van der Waals surface area contributed by atoms with E-state index in [4.69, 9.17) is 4.74 Å². The van der Waals surface area contributed by atoms with Crippen molar-refractivity contribution in [2.75, 3.05) is 6.61 Å². The van der Waals surface area contributed by atoms with Gasteiger partial charge in [-0.2, -0.15) is 0 Å². The van der Waals surface area contributed by atoms with Crippen LogP contribution < -0.4 is 15.6 Å². The molecule has 4 nitrogen and oxygen atoms in total. The van der Waals surface area contributed by atoms with E-state index in [1.807, 2.05) is 30.3 Å². The Morgan fingerprint density at radius 1 is 1.16 bits per heavy atom. The van der Waals surface area contributed by atoms with Gasteiger partial charge in [0.1, 0.15) is 5.75 Å². The number of hydrogen-bond acceptors (Lipinski definition) is 3. The zero-order valence-electron chi connectivity index (χ0n) is 13.9. The van der Waals surface area contributed by atoms with Gasteiger partial charge in [-0.1, -0.05) is 58.4 Å². The summed E-state index contributed by atoms with van der Waals surface area (Å²) >= 11 is 3.37. The second-order valence-corrected chi connectivity index (χ2v) is 6.95. The summed E-state index contributed by atoms with van der Waals surface area (Å²) in [5.41, 5.74) is 8.15. The Labute approximate surface area is 156 Å². The smallest absolute Gasteiger partial charge is 0.276 e. The van der Waals surface area contributed by atoms with Crippen LogP contribution in [0.3, 0.4) is 0 Å². The lowest BCUT2D eigenvalue weighted by Crippen LogP contribution is -2.40. The van der Waals surface area contributed by atoms with Gasteiger partial charge in [0.05, 0.1) is 0 Å². The molecule has 130 valence electrons. The summed E-state index contributed by atoms with van der Waals surface area (Å²) in [7, 11) is 0. The van der Waals surface area contributed by atoms with Crippen LogP contribution in [0.25, 0.3) is 0 Å². The van der Waals surface area contributed by atoms with Crippen LogP contribution in [0.2, 0.25) is 0 Å². The summed E-state index contributed by atoms with van der Waals surface area (Å²) in [4.78, 5) is 11.9. The molecule has 0 saturated carbocycles. The second-order valence-electron chi connectivity index (χ2n) is 6.03. The average molecular weight is 401 g/mol. The maximum Gasteiger partial charge on any atom is 0.276 e. The fourth-order valence-corrected chi connectivity index (χ4v) is 3.25. The standard InChI is InChI=1S/C20H21BrN2O2/c21-17-7-4-8-19(13-17)25-14-20(24)23-22-18-11-9-16(10-12-18)15-5-2-1-3-6-15/h1-8,11,13,16,22H,9-10,12,14H2,(H,23,24). The van der Waals surface area contributed by atoms with Gasteiger partial charge in [-0.3, -0.25) is 10.2 Å². The van der Waals surface area contributed by atoms with Crippen molar-refractivity contribution in [1.29, 1.82) is 0 Å². The lowest BCUT2D eigenvalue weighted by atomic mass is 9.87. The van der Waals surface area contributed by atoms with E-state index >= 15 is 0 Å². The van der Waals surface area contributed by atoms with E-state index in [0.717, 1.165) is 29.4 Å². The zero-order chi connectivity index (χ0) is 17.5. The van der Waals surface area contributed by atoms with E-state index in [1.54, 1.807) is 0 Å². The SMILES string of the molecule is O=C(COc1cccc(Br)c1)NNC1=CCC(c2ccccc2)CC1. The molecule has 0 spiro atoms. The molecule has 0 radical (unpaired) electrons. The number of halogens is 1. The first-order valence-corrected chi connectivity index (χ1v) is 9.17. The average Bonchev–Trinajstić information content (AvgIpc) is 2.66. The molecule has 2 aromatic carbocycles. The maximum atomic E-state index is 11.9. The third-order valence-corrected chi connectivity index (χ3v) is 4.70. The normalized spacial score (nSPS) is 16.7. The van der Waals surface area contributed by atoms with Crippen LogP contribution in [0, 0.1) is 0 Å². The molecule has 0 heterocycles. The molecule has 1 unspecified atom stereocenters. The third kappa shape index (κ3) is 5.36. The minimum atomic E-state index is -0.203. The largest absolute Gasteiger partial charge is 0.484 e. The van der Waals surface area contributed by atoms with Crippen molar-refractivity contribution in [2.45, 2.75) is 25.2 Å². The molecule has 0 aliphatic heterocycles. The summed E-state index contributed by atoms with van der Waals surface area (Å²) in [6, 6.07) is 18.0. The van der Waals surface area contributed by atoms with E-state index in [2.05, 4.69) is 57.1 Å². The molecular formula is C20H21BrN2O2. The lowest BCUT2D eigenvalue weighted by Gasteiger charge is -2.23. The number of ether oxygens (including phenoxy) is 1. The van der Waals surface area contributed by atoms with Crippen molar-refractivity contribution < 1.29 is 9.53 Å². The Bertz CT molecular complexity index is 746. The van der Waals surface area contributed by atoms with Gasteiger partial charge in [-0.15, -0.1) is 0 Å². The van der Waals surface area contributed by atoms with Gasteiger partial charge in [-0.05, 0) is 48.9 Å². The van der Waals surface area contributed by atoms with Crippen molar-refractivity contribution in [3.8, 4) is 5.75 Å². The molecule has 3 rings (SSSR count). The fourth-order valence-electron chi connectivity index (χ4n) is 2.87. The molecule has 1 aliphatic carbocycles. The van der Waals surface area contributed by atoms with Crippen LogP contribution in [0.1, 0.15) is 30.7 Å². The van der Waals surface area contributed by atoms with Gasteiger partial charge in [0.2, 0.25) is 0 Å². The number of carbonyl (C=O) groups is 1. The van der Waals surface area contributed by atoms with Crippen LogP contribution in [-0.2, 0) is 4.79 Å². The van der Waals surface area contributed by atoms with Crippen LogP contribution in [0.4, 0.5) is 0 Å². The Kier molecular flexibility index (Phi) is 6.12. The molecule has 25 heavy (non-hydrogen) atoms. The molecule has 0 bridgehead atoms. The first-order valence-electron chi connectivity index (χ1n) is 8.38. The Morgan fingerprint density at radius 3 is 2.72 bits per heavy atom. The molecule has 0 fully saturated rings. The van der Waals surface area contributed by atoms with Gasteiger partial charge in [0.25, 0.3) is 5.91 Å². The molecule has 2 N–H and O–H groups in total. The van der Waals surface area contributed by atoms with Crippen LogP contribution in [-0.4, -0.2) is 12.5 Å². The first kappa shape index (κ1) is 17.5. The van der Waals surface area contributed by atoms with Gasteiger partial charge in [-0.25, -0.2) is 0 Å². The van der Waals surface area contributed by atoms with E-state index in [1.165, 1.54) is 5.56 Å². The number of amides is 1. The highest BCUT2D eigenvalue weighted by atomic mass is 79.9. The lowest BCUT2D eigenvalue weighted by molar-refractivity contribution is -0.123. The van der Waals surface area contributed by atoms with Crippen molar-refractivity contribution in [1.82, 2.24) is 10.9 Å². The minimum Gasteiger partial charge on any atom is -0.484 e. The van der Waals surface area contributed by atoms with E-state index in [9.17, 15) is 4.79 Å². The number of benzene rings is 2. The Morgan fingerprint density at radius 2 is 2.00 bits per heavy atom. The summed E-state index contributed by atoms with van der Waals surface area (Å²) < 4.78 is 6.38. The van der Waals surface area contributed by atoms with Crippen LogP contribution >= 0.6 is 15.9 Å². The summed E-state index contributed by atoms with van der Waals surface area (Å²) in [6.07, 6.45) is 5.15. The molecule has 1 atom stereocenters. The monoisotopic (exact) mass is 400 g/mol. The number of rotatable bonds is 6. The van der Waals surface area contributed by atoms with E-state index < -0.39 is 0 Å². The number of nitrogens with one attached hydrogen (secondary N) is 2. The maximum absolute atomic E-state index is 11.9. The highest BCUT2D eigenvalue weighted by Gasteiger charge is 2.16. The van der Waals surface area contributed by atoms with Gasteiger partial charge in [0, 0.05) is 10.2 Å². The molecule has 5 heteroatoms. The van der Waals surface area contributed by atoms with Gasteiger partial charge >= 0.3 is 0 Å². The van der Waals surface area contributed by atoms with Crippen LogP contribution in [0.15, 0.2) is 70.8 Å². The predicted octanol–water partition coefficient (Wildman–Crippen LogP) is 4.30. The first-order chi connectivity index (χ1) is 12.2. The molecule has 1 amide bonds. The van der Waals surface area contributed by atoms with Crippen molar-refractivity contribution in [3.05, 3.63) is 76.4 Å². The molecule has 0 saturated heterocycles. The molecule has 1 aliphatic rings. The fraction of sp³-hybridized carbons (Fsp3) is 0.250. The second kappa shape index (κ2) is 8.72. The predicted molar refractivity (Wildman–Crippen MR) is 102 cm³/mol. The summed E-state index contributed by atoms with van der Waals surface area (Å²) in [5.74, 6) is 1.01. The third-order valence-electron chi connectivity index (χ3n) is 4.21. The zero-order valence-corrected chi connectivity index (χ0v) is 15.5. The minimum absolute atomic E-state index is 0.0244. The topological polar surface area (TPSA) is 50.4 Å². The number of carbonyl (C=O) groups excluding carboxylic acids is 1. The summed E-state index contributed by atoms with van der Waals surface area (Å²) in [5, 5.41) is 0. The Balaban J connectivity index is 1.41. The van der Waals surface area contributed by atoms with Crippen molar-refractivity contribution in [3.63, 3.8) is 0 Å². The van der Waals surface area contributed by atoms with Crippen molar-refractivity contribution in [2.24, 2.45) is 0 Å². The Hall–Kier alpha value is -2.27. The van der Waals surface area contributed by atoms with Crippen molar-refractivity contribution >= 4 is 21.8 Å². The van der Waals surface area contributed by atoms with E-state index in [0.29, 0.717) is 11.7 Å². The highest BCUT2D eigenvalue weighted by Crippen LogP contribution is 2.30. The highest BCUT2D eigenvalue weighted by molar-refractivity contribution is 9.10.